The summed E-state index contributed by atoms with van der Waals surface area (Å²) in [7, 11) is 6.04. The Morgan fingerprint density at radius 3 is 1.52 bits per heavy atom. The molecule has 0 aliphatic heterocycles. The monoisotopic (exact) mass is 297 g/mol. The van der Waals surface area contributed by atoms with Crippen LogP contribution < -0.4 is 0 Å². The number of esters is 2. The molecule has 0 heterocycles. The van der Waals surface area contributed by atoms with Crippen molar-refractivity contribution in [2.75, 3.05) is 28.3 Å². The van der Waals surface area contributed by atoms with Gasteiger partial charge in [0, 0.05) is 14.1 Å². The molecule has 0 fully saturated rings. The average molecular weight is 297 g/mol. The molecule has 120 valence electrons. The van der Waals surface area contributed by atoms with Gasteiger partial charge in [-0.05, 0) is 17.9 Å². The van der Waals surface area contributed by atoms with Crippen molar-refractivity contribution >= 4 is 11.9 Å². The molecule has 0 N–H and O–H groups in total. The third-order valence-electron chi connectivity index (χ3n) is 3.15. The first-order chi connectivity index (χ1) is 9.67. The van der Waals surface area contributed by atoms with Gasteiger partial charge >= 0.3 is 11.9 Å². The van der Waals surface area contributed by atoms with Crippen molar-refractivity contribution in [3.63, 3.8) is 0 Å². The molecule has 0 saturated heterocycles. The van der Waals surface area contributed by atoms with Crippen LogP contribution in [0, 0.1) is 11.8 Å². The standard InChI is InChI=1S/C16H27NO4/c1-10(2)12(11(3)4)9-13(17(5)6)14(15(18)20-7)16(19)21-8/h9-11H,1-8H3. The summed E-state index contributed by atoms with van der Waals surface area (Å²) in [5.74, 6) is -0.796. The van der Waals surface area contributed by atoms with Crippen LogP contribution in [0.1, 0.15) is 27.7 Å². The SMILES string of the molecule is COC(=O)C(C(=O)OC)=C(C=C(C(C)C)C(C)C)N(C)C. The Morgan fingerprint density at radius 1 is 0.905 bits per heavy atom. The maximum absolute atomic E-state index is 11.9. The van der Waals surface area contributed by atoms with Gasteiger partial charge in [0.1, 0.15) is 0 Å². The number of hydrogen-bond acceptors (Lipinski definition) is 5. The normalized spacial score (nSPS) is 10.2. The van der Waals surface area contributed by atoms with Gasteiger partial charge in [-0.1, -0.05) is 33.3 Å². The number of hydrogen-bond donors (Lipinski definition) is 0. The number of ether oxygens (including phenoxy) is 2. The number of carbonyl (C=O) groups is 2. The number of allylic oxidation sites excluding steroid dienone is 2. The fraction of sp³-hybridized carbons (Fsp3) is 0.625. The number of carbonyl (C=O) groups excluding carboxylic acids is 2. The van der Waals surface area contributed by atoms with Crippen molar-refractivity contribution < 1.29 is 19.1 Å². The Labute approximate surface area is 127 Å². The highest BCUT2D eigenvalue weighted by Crippen LogP contribution is 2.24. The van der Waals surface area contributed by atoms with Gasteiger partial charge in [-0.2, -0.15) is 0 Å². The second-order valence-corrected chi connectivity index (χ2v) is 5.59. The molecular formula is C16H27NO4. The van der Waals surface area contributed by atoms with Crippen molar-refractivity contribution in [1.29, 1.82) is 0 Å². The molecule has 0 aromatic rings. The van der Waals surface area contributed by atoms with E-state index in [0.29, 0.717) is 17.5 Å². The minimum absolute atomic E-state index is 0.0937. The van der Waals surface area contributed by atoms with Gasteiger partial charge in [0.05, 0.1) is 19.9 Å². The van der Waals surface area contributed by atoms with Gasteiger partial charge < -0.3 is 14.4 Å². The maximum atomic E-state index is 11.9. The fourth-order valence-electron chi connectivity index (χ4n) is 2.08. The zero-order chi connectivity index (χ0) is 16.7. The molecule has 0 saturated carbocycles. The van der Waals surface area contributed by atoms with Crippen molar-refractivity contribution in [3.8, 4) is 0 Å². The van der Waals surface area contributed by atoms with E-state index in [1.165, 1.54) is 14.2 Å². The average Bonchev–Trinajstić information content (AvgIpc) is 2.40. The van der Waals surface area contributed by atoms with E-state index in [4.69, 9.17) is 9.47 Å². The van der Waals surface area contributed by atoms with E-state index in [0.717, 1.165) is 5.57 Å². The lowest BCUT2D eigenvalue weighted by Gasteiger charge is -2.22. The van der Waals surface area contributed by atoms with Crippen LogP contribution in [-0.4, -0.2) is 45.2 Å². The molecule has 0 aromatic carbocycles. The van der Waals surface area contributed by atoms with Gasteiger partial charge in [0.2, 0.25) is 0 Å². The highest BCUT2D eigenvalue weighted by atomic mass is 16.5. The van der Waals surface area contributed by atoms with Crippen molar-refractivity contribution in [1.82, 2.24) is 4.90 Å². The minimum atomic E-state index is -0.700. The van der Waals surface area contributed by atoms with Gasteiger partial charge in [0.25, 0.3) is 0 Å². The molecule has 0 spiro atoms. The lowest BCUT2D eigenvalue weighted by molar-refractivity contribution is -0.144. The Kier molecular flexibility index (Phi) is 7.77. The van der Waals surface area contributed by atoms with E-state index >= 15 is 0 Å². The van der Waals surface area contributed by atoms with Crippen LogP contribution in [0.4, 0.5) is 0 Å². The summed E-state index contributed by atoms with van der Waals surface area (Å²) in [6, 6.07) is 0. The summed E-state index contributed by atoms with van der Waals surface area (Å²) in [5.41, 5.74) is 1.54. The Morgan fingerprint density at radius 2 is 1.29 bits per heavy atom. The first-order valence-corrected chi connectivity index (χ1v) is 6.97. The van der Waals surface area contributed by atoms with Crippen molar-refractivity contribution in [2.45, 2.75) is 27.7 Å². The zero-order valence-electron chi connectivity index (χ0n) is 14.3. The first-order valence-electron chi connectivity index (χ1n) is 6.97. The Hall–Kier alpha value is -1.78. The molecule has 0 bridgehead atoms. The number of methoxy groups -OCH3 is 2. The number of rotatable bonds is 6. The Bertz CT molecular complexity index is 417. The lowest BCUT2D eigenvalue weighted by atomic mass is 9.91. The van der Waals surface area contributed by atoms with Crippen LogP contribution in [-0.2, 0) is 19.1 Å². The van der Waals surface area contributed by atoms with E-state index in [1.54, 1.807) is 19.0 Å². The summed E-state index contributed by atoms with van der Waals surface area (Å²) in [6.45, 7) is 8.31. The molecule has 0 unspecified atom stereocenters. The van der Waals surface area contributed by atoms with E-state index in [1.807, 2.05) is 6.08 Å². The molecule has 5 nitrogen and oxygen atoms in total. The number of nitrogens with zero attached hydrogens (tertiary/aromatic N) is 1. The van der Waals surface area contributed by atoms with E-state index in [-0.39, 0.29) is 5.57 Å². The van der Waals surface area contributed by atoms with Crippen LogP contribution in [0.3, 0.4) is 0 Å². The van der Waals surface area contributed by atoms with Gasteiger partial charge in [-0.25, -0.2) is 9.59 Å². The van der Waals surface area contributed by atoms with Gasteiger partial charge in [-0.3, -0.25) is 0 Å². The third-order valence-corrected chi connectivity index (χ3v) is 3.15. The van der Waals surface area contributed by atoms with Crippen molar-refractivity contribution in [3.05, 3.63) is 22.9 Å². The van der Waals surface area contributed by atoms with Crippen LogP contribution in [0.5, 0.6) is 0 Å². The molecular weight excluding hydrogens is 270 g/mol. The summed E-state index contributed by atoms with van der Waals surface area (Å²) < 4.78 is 9.43. The van der Waals surface area contributed by atoms with Crippen LogP contribution >= 0.6 is 0 Å². The van der Waals surface area contributed by atoms with Crippen molar-refractivity contribution in [2.24, 2.45) is 11.8 Å². The highest BCUT2D eigenvalue weighted by Gasteiger charge is 2.26. The molecule has 5 heteroatoms. The number of likely N-dealkylation sites (N-methyl/N-ethyl adjacent to an activating group) is 1. The molecule has 0 aliphatic rings. The highest BCUT2D eigenvalue weighted by molar-refractivity contribution is 6.15. The predicted molar refractivity (Wildman–Crippen MR) is 82.5 cm³/mol. The van der Waals surface area contributed by atoms with Gasteiger partial charge in [-0.15, -0.1) is 0 Å². The molecule has 0 rings (SSSR count). The first kappa shape index (κ1) is 19.2. The quantitative estimate of drug-likeness (QED) is 0.248. The molecule has 21 heavy (non-hydrogen) atoms. The maximum Gasteiger partial charge on any atom is 0.347 e. The van der Waals surface area contributed by atoms with Gasteiger partial charge in [0.15, 0.2) is 5.57 Å². The van der Waals surface area contributed by atoms with E-state index < -0.39 is 11.9 Å². The van der Waals surface area contributed by atoms with E-state index in [9.17, 15) is 9.59 Å². The smallest absolute Gasteiger partial charge is 0.347 e. The summed E-state index contributed by atoms with van der Waals surface area (Å²) in [4.78, 5) is 25.6. The second-order valence-electron chi connectivity index (χ2n) is 5.59. The summed E-state index contributed by atoms with van der Waals surface area (Å²) in [6.07, 6.45) is 1.87. The molecule has 0 radical (unpaired) electrons. The third kappa shape index (κ3) is 5.25. The summed E-state index contributed by atoms with van der Waals surface area (Å²) >= 11 is 0. The molecule has 0 atom stereocenters. The topological polar surface area (TPSA) is 55.8 Å². The summed E-state index contributed by atoms with van der Waals surface area (Å²) in [5, 5.41) is 0. The largest absolute Gasteiger partial charge is 0.465 e. The molecule has 0 amide bonds. The van der Waals surface area contributed by atoms with Crippen LogP contribution in [0.15, 0.2) is 22.9 Å². The zero-order valence-corrected chi connectivity index (χ0v) is 14.3. The minimum Gasteiger partial charge on any atom is -0.465 e. The molecule has 0 aliphatic carbocycles. The molecule has 0 aromatic heterocycles. The fourth-order valence-corrected chi connectivity index (χ4v) is 2.08. The van der Waals surface area contributed by atoms with E-state index in [2.05, 4.69) is 27.7 Å². The second kappa shape index (κ2) is 8.49. The Balaban J connectivity index is 6.25. The lowest BCUT2D eigenvalue weighted by Crippen LogP contribution is -2.24. The predicted octanol–water partition coefficient (Wildman–Crippen LogP) is 2.39. The van der Waals surface area contributed by atoms with Crippen LogP contribution in [0.2, 0.25) is 0 Å². The van der Waals surface area contributed by atoms with Crippen LogP contribution in [0.25, 0.3) is 0 Å².